The van der Waals surface area contributed by atoms with Crippen LogP contribution >= 0.6 is 11.3 Å². The summed E-state index contributed by atoms with van der Waals surface area (Å²) in [6.45, 7) is 0. The Bertz CT molecular complexity index is 1300. The van der Waals surface area contributed by atoms with Crippen LogP contribution in [0.4, 0.5) is 5.69 Å². The van der Waals surface area contributed by atoms with Crippen LogP contribution < -0.4 is 10.1 Å². The molecule has 0 fully saturated rings. The maximum absolute atomic E-state index is 12.4. The van der Waals surface area contributed by atoms with E-state index in [-0.39, 0.29) is 29.4 Å². The fourth-order valence-corrected chi connectivity index (χ4v) is 5.52. The van der Waals surface area contributed by atoms with Crippen LogP contribution in [0.5, 0.6) is 5.75 Å². The molecule has 0 atom stereocenters. The van der Waals surface area contributed by atoms with Gasteiger partial charge in [-0.2, -0.15) is 0 Å². The molecule has 0 saturated carbocycles. The van der Waals surface area contributed by atoms with Gasteiger partial charge in [0.25, 0.3) is 0 Å². The molecule has 32 heavy (non-hydrogen) atoms. The molecular weight excluding hydrogens is 444 g/mol. The second kappa shape index (κ2) is 9.50. The Labute approximate surface area is 190 Å². The molecule has 1 amide bonds. The highest BCUT2D eigenvalue weighted by Gasteiger charge is 2.15. The lowest BCUT2D eigenvalue weighted by Crippen LogP contribution is -2.14. The van der Waals surface area contributed by atoms with Gasteiger partial charge in [0, 0.05) is 17.7 Å². The number of rotatable bonds is 8. The number of anilines is 1. The predicted octanol–water partition coefficient (Wildman–Crippen LogP) is 5.16. The van der Waals surface area contributed by atoms with E-state index >= 15 is 0 Å². The van der Waals surface area contributed by atoms with Gasteiger partial charge >= 0.3 is 0 Å². The lowest BCUT2D eigenvalue weighted by Gasteiger charge is -2.07. The lowest BCUT2D eigenvalue weighted by molar-refractivity contribution is -0.116. The van der Waals surface area contributed by atoms with Crippen molar-refractivity contribution in [2.24, 2.45) is 0 Å². The number of nitrogens with zero attached hydrogens (tertiary/aromatic N) is 1. The number of hydrogen-bond donors (Lipinski definition) is 1. The topological polar surface area (TPSA) is 85.4 Å². The van der Waals surface area contributed by atoms with Gasteiger partial charge in [-0.3, -0.25) is 4.79 Å². The van der Waals surface area contributed by atoms with Crippen molar-refractivity contribution < 1.29 is 17.9 Å². The van der Waals surface area contributed by atoms with Crippen LogP contribution in [0, 0.1) is 0 Å². The summed E-state index contributed by atoms with van der Waals surface area (Å²) in [5, 5.41) is 3.74. The van der Waals surface area contributed by atoms with E-state index in [0.29, 0.717) is 11.4 Å². The molecule has 6 nitrogen and oxygen atoms in total. The third kappa shape index (κ3) is 5.15. The molecular formula is C24H22N2O4S2. The van der Waals surface area contributed by atoms with Crippen molar-refractivity contribution in [1.82, 2.24) is 4.98 Å². The van der Waals surface area contributed by atoms with Gasteiger partial charge in [0.15, 0.2) is 9.84 Å². The standard InChI is InChI=1S/C24H22N2O4S2/c1-30-19-12-14-20(15-13-19)32(28,29)16-4-7-23(27)25-18-10-8-17(9-11-18)24-26-21-5-2-3-6-22(21)31-24/h2-3,5-6,8-15H,4,7,16H2,1H3,(H,25,27). The molecule has 3 aromatic carbocycles. The largest absolute Gasteiger partial charge is 0.497 e. The number of carbonyl (C=O) groups is 1. The van der Waals surface area contributed by atoms with Crippen LogP contribution in [0.15, 0.2) is 77.7 Å². The van der Waals surface area contributed by atoms with E-state index < -0.39 is 9.84 Å². The van der Waals surface area contributed by atoms with Crippen LogP contribution in [-0.2, 0) is 14.6 Å². The van der Waals surface area contributed by atoms with Crippen molar-refractivity contribution in [2.45, 2.75) is 17.7 Å². The summed E-state index contributed by atoms with van der Waals surface area (Å²) in [6, 6.07) is 21.7. The number of sulfone groups is 1. The number of fused-ring (bicyclic) bond motifs is 1. The molecule has 0 radical (unpaired) electrons. The van der Waals surface area contributed by atoms with Gasteiger partial charge in [-0.25, -0.2) is 13.4 Å². The fraction of sp³-hybridized carbons (Fsp3) is 0.167. The minimum Gasteiger partial charge on any atom is -0.497 e. The normalized spacial score (nSPS) is 11.4. The summed E-state index contributed by atoms with van der Waals surface area (Å²) in [5.41, 5.74) is 2.61. The Hall–Kier alpha value is -3.23. The molecule has 0 aliphatic heterocycles. The molecule has 0 unspecified atom stereocenters. The van der Waals surface area contributed by atoms with Gasteiger partial charge in [-0.05, 0) is 67.1 Å². The third-order valence-corrected chi connectivity index (χ3v) is 7.85. The Morgan fingerprint density at radius 1 is 1.00 bits per heavy atom. The molecule has 0 spiro atoms. The minimum atomic E-state index is -3.44. The number of carbonyl (C=O) groups excluding carboxylic acids is 1. The summed E-state index contributed by atoms with van der Waals surface area (Å²) >= 11 is 1.62. The number of benzene rings is 3. The van der Waals surface area contributed by atoms with Crippen LogP contribution in [0.25, 0.3) is 20.8 Å². The van der Waals surface area contributed by atoms with Gasteiger partial charge in [0.2, 0.25) is 5.91 Å². The number of nitrogens with one attached hydrogen (secondary N) is 1. The van der Waals surface area contributed by atoms with Gasteiger partial charge in [-0.15, -0.1) is 11.3 Å². The quantitative estimate of drug-likeness (QED) is 0.387. The van der Waals surface area contributed by atoms with E-state index in [1.165, 1.54) is 19.2 Å². The summed E-state index contributed by atoms with van der Waals surface area (Å²) in [6.07, 6.45) is 0.360. The molecule has 0 saturated heterocycles. The van der Waals surface area contributed by atoms with Crippen molar-refractivity contribution in [1.29, 1.82) is 0 Å². The van der Waals surface area contributed by atoms with E-state index in [2.05, 4.69) is 10.3 Å². The van der Waals surface area contributed by atoms with Crippen LogP contribution in [-0.4, -0.2) is 32.2 Å². The SMILES string of the molecule is COc1ccc(S(=O)(=O)CCCC(=O)Nc2ccc(-c3nc4ccccc4s3)cc2)cc1. The highest BCUT2D eigenvalue weighted by Crippen LogP contribution is 2.30. The Morgan fingerprint density at radius 2 is 1.72 bits per heavy atom. The van der Waals surface area contributed by atoms with Crippen LogP contribution in [0.2, 0.25) is 0 Å². The number of aromatic nitrogens is 1. The molecule has 4 aromatic rings. The number of thiazole rings is 1. The first-order chi connectivity index (χ1) is 15.4. The van der Waals surface area contributed by atoms with E-state index in [4.69, 9.17) is 4.74 Å². The monoisotopic (exact) mass is 466 g/mol. The maximum Gasteiger partial charge on any atom is 0.224 e. The van der Waals surface area contributed by atoms with Crippen LogP contribution in [0.1, 0.15) is 12.8 Å². The first kappa shape index (κ1) is 22.0. The Balaban J connectivity index is 1.31. The lowest BCUT2D eigenvalue weighted by atomic mass is 10.2. The summed E-state index contributed by atoms with van der Waals surface area (Å²) < 4.78 is 31.0. The number of ether oxygens (including phenoxy) is 1. The molecule has 1 aromatic heterocycles. The van der Waals surface area contributed by atoms with Gasteiger partial charge in [0.05, 0.1) is 28.0 Å². The zero-order valence-electron chi connectivity index (χ0n) is 17.4. The maximum atomic E-state index is 12.4. The molecule has 1 heterocycles. The van der Waals surface area contributed by atoms with Crippen molar-refractivity contribution >= 4 is 43.0 Å². The first-order valence-corrected chi connectivity index (χ1v) is 12.5. The van der Waals surface area contributed by atoms with Crippen molar-refractivity contribution in [3.63, 3.8) is 0 Å². The van der Waals surface area contributed by atoms with Crippen molar-refractivity contribution in [3.8, 4) is 16.3 Å². The summed E-state index contributed by atoms with van der Waals surface area (Å²) in [7, 11) is -1.92. The average Bonchev–Trinajstić information content (AvgIpc) is 3.24. The highest BCUT2D eigenvalue weighted by molar-refractivity contribution is 7.91. The Kier molecular flexibility index (Phi) is 6.53. The number of methoxy groups -OCH3 is 1. The summed E-state index contributed by atoms with van der Waals surface area (Å²) in [5.74, 6) is 0.281. The Morgan fingerprint density at radius 3 is 2.41 bits per heavy atom. The number of para-hydroxylation sites is 1. The second-order valence-electron chi connectivity index (χ2n) is 7.21. The fourth-order valence-electron chi connectivity index (χ4n) is 3.24. The zero-order valence-corrected chi connectivity index (χ0v) is 19.1. The number of hydrogen-bond acceptors (Lipinski definition) is 6. The van der Waals surface area contributed by atoms with E-state index in [0.717, 1.165) is 20.8 Å². The molecule has 4 rings (SSSR count). The molecule has 8 heteroatoms. The molecule has 0 aliphatic carbocycles. The average molecular weight is 467 g/mol. The van der Waals surface area contributed by atoms with E-state index in [9.17, 15) is 13.2 Å². The number of amides is 1. The smallest absolute Gasteiger partial charge is 0.224 e. The summed E-state index contributed by atoms with van der Waals surface area (Å²) in [4.78, 5) is 17.1. The zero-order chi connectivity index (χ0) is 22.6. The van der Waals surface area contributed by atoms with Gasteiger partial charge in [0.1, 0.15) is 10.8 Å². The predicted molar refractivity (Wildman–Crippen MR) is 128 cm³/mol. The van der Waals surface area contributed by atoms with E-state index in [1.807, 2.05) is 48.5 Å². The van der Waals surface area contributed by atoms with Crippen molar-refractivity contribution in [3.05, 3.63) is 72.8 Å². The highest BCUT2D eigenvalue weighted by atomic mass is 32.2. The first-order valence-electron chi connectivity index (χ1n) is 10.1. The molecule has 1 N–H and O–H groups in total. The minimum absolute atomic E-state index is 0.0940. The van der Waals surface area contributed by atoms with E-state index in [1.54, 1.807) is 23.5 Å². The van der Waals surface area contributed by atoms with Gasteiger partial charge in [-0.1, -0.05) is 12.1 Å². The second-order valence-corrected chi connectivity index (χ2v) is 10.4. The molecule has 0 aliphatic rings. The van der Waals surface area contributed by atoms with Gasteiger partial charge < -0.3 is 10.1 Å². The molecule has 164 valence electrons. The van der Waals surface area contributed by atoms with Crippen molar-refractivity contribution in [2.75, 3.05) is 18.2 Å². The molecule has 0 bridgehead atoms. The van der Waals surface area contributed by atoms with Crippen LogP contribution in [0.3, 0.4) is 0 Å². The third-order valence-electron chi connectivity index (χ3n) is 4.94.